The zero-order valence-corrected chi connectivity index (χ0v) is 10.3. The minimum absolute atomic E-state index is 0.0680. The number of hydrogen-bond acceptors (Lipinski definition) is 1. The average Bonchev–Trinajstić information content (AvgIpc) is 2.12. The molecular formula is C10H5BrF6O. The molecule has 0 aliphatic heterocycles. The zero-order valence-electron chi connectivity index (χ0n) is 8.71. The van der Waals surface area contributed by atoms with Crippen molar-refractivity contribution in [2.24, 2.45) is 0 Å². The van der Waals surface area contributed by atoms with Crippen LogP contribution in [0.25, 0.3) is 0 Å². The number of carbonyl (C=O) groups is 1. The van der Waals surface area contributed by atoms with Gasteiger partial charge in [-0.15, -0.1) is 0 Å². The largest absolute Gasteiger partial charge is 0.417 e. The highest BCUT2D eigenvalue weighted by molar-refractivity contribution is 9.10. The number of hydrogen-bond donors (Lipinski definition) is 0. The molecule has 0 fully saturated rings. The van der Waals surface area contributed by atoms with Crippen molar-refractivity contribution in [3.63, 3.8) is 0 Å². The molecule has 1 nitrogen and oxygen atoms in total. The molecular weight excluding hydrogens is 330 g/mol. The molecule has 0 saturated carbocycles. The van der Waals surface area contributed by atoms with Crippen LogP contribution in [0.4, 0.5) is 26.3 Å². The number of Topliss-reactive ketones (excluding diaryl/α,β-unsaturated/α-hetero) is 1. The first-order chi connectivity index (χ1) is 7.94. The van der Waals surface area contributed by atoms with Gasteiger partial charge in [-0.1, -0.05) is 15.9 Å². The van der Waals surface area contributed by atoms with Crippen molar-refractivity contribution in [2.75, 3.05) is 0 Å². The van der Waals surface area contributed by atoms with Crippen molar-refractivity contribution in [1.29, 1.82) is 0 Å². The minimum atomic E-state index is -5.04. The van der Waals surface area contributed by atoms with Crippen molar-refractivity contribution in [3.05, 3.63) is 33.3 Å². The van der Waals surface area contributed by atoms with E-state index in [9.17, 15) is 31.1 Å². The van der Waals surface area contributed by atoms with Gasteiger partial charge in [-0.2, -0.15) is 26.3 Å². The second kappa shape index (κ2) is 4.56. The third-order valence-corrected chi connectivity index (χ3v) is 2.70. The summed E-state index contributed by atoms with van der Waals surface area (Å²) in [5, 5.41) is 0. The molecule has 0 atom stereocenters. The summed E-state index contributed by atoms with van der Waals surface area (Å²) in [5.41, 5.74) is -3.88. The van der Waals surface area contributed by atoms with Crippen LogP contribution in [0.2, 0.25) is 0 Å². The Morgan fingerprint density at radius 1 is 1.06 bits per heavy atom. The molecule has 18 heavy (non-hydrogen) atoms. The topological polar surface area (TPSA) is 17.1 Å². The molecule has 1 aromatic rings. The highest BCUT2D eigenvalue weighted by Crippen LogP contribution is 2.40. The fourth-order valence-electron chi connectivity index (χ4n) is 1.35. The summed E-state index contributed by atoms with van der Waals surface area (Å²) in [6.07, 6.45) is -9.96. The van der Waals surface area contributed by atoms with Gasteiger partial charge in [0.05, 0.1) is 11.1 Å². The van der Waals surface area contributed by atoms with E-state index in [1.165, 1.54) is 0 Å². The normalized spacial score (nSPS) is 12.7. The highest BCUT2D eigenvalue weighted by Gasteiger charge is 2.40. The molecule has 0 aliphatic carbocycles. The van der Waals surface area contributed by atoms with Crippen molar-refractivity contribution >= 4 is 21.7 Å². The fourth-order valence-corrected chi connectivity index (χ4v) is 2.09. The van der Waals surface area contributed by atoms with Crippen LogP contribution in [-0.2, 0) is 12.4 Å². The Morgan fingerprint density at radius 3 is 1.89 bits per heavy atom. The second-order valence-electron chi connectivity index (χ2n) is 3.43. The Hall–Kier alpha value is -1.05. The van der Waals surface area contributed by atoms with Gasteiger partial charge in [-0.05, 0) is 19.1 Å². The van der Waals surface area contributed by atoms with Crippen LogP contribution in [-0.4, -0.2) is 5.78 Å². The van der Waals surface area contributed by atoms with Crippen LogP contribution in [0.3, 0.4) is 0 Å². The summed E-state index contributed by atoms with van der Waals surface area (Å²) in [6.45, 7) is 0.850. The van der Waals surface area contributed by atoms with Crippen LogP contribution in [0.1, 0.15) is 28.4 Å². The molecule has 0 spiro atoms. The first kappa shape index (κ1) is 15.0. The second-order valence-corrected chi connectivity index (χ2v) is 4.29. The molecule has 0 unspecified atom stereocenters. The molecule has 0 saturated heterocycles. The summed E-state index contributed by atoms with van der Waals surface area (Å²) in [5.74, 6) is -0.970. The Balaban J connectivity index is 3.64. The van der Waals surface area contributed by atoms with Crippen LogP contribution in [0, 0.1) is 0 Å². The van der Waals surface area contributed by atoms with Crippen LogP contribution in [0.15, 0.2) is 16.6 Å². The number of halogens is 7. The predicted octanol–water partition coefficient (Wildman–Crippen LogP) is 4.69. The molecule has 0 aromatic heterocycles. The lowest BCUT2D eigenvalue weighted by molar-refractivity contribution is -0.143. The van der Waals surface area contributed by atoms with Crippen molar-refractivity contribution in [2.45, 2.75) is 19.3 Å². The van der Waals surface area contributed by atoms with Gasteiger partial charge >= 0.3 is 12.4 Å². The Kier molecular flexibility index (Phi) is 3.81. The van der Waals surface area contributed by atoms with E-state index in [2.05, 4.69) is 15.9 Å². The molecule has 0 bridgehead atoms. The molecule has 8 heteroatoms. The number of ketones is 1. The molecule has 0 aliphatic rings. The van der Waals surface area contributed by atoms with Gasteiger partial charge in [0, 0.05) is 10.0 Å². The van der Waals surface area contributed by atoms with Crippen LogP contribution in [0.5, 0.6) is 0 Å². The summed E-state index contributed by atoms with van der Waals surface area (Å²) >= 11 is 2.56. The minimum Gasteiger partial charge on any atom is -0.294 e. The third-order valence-electron chi connectivity index (χ3n) is 2.08. The lowest BCUT2D eigenvalue weighted by atomic mass is 10.0. The number of carbonyl (C=O) groups excluding carboxylic acids is 1. The van der Waals surface area contributed by atoms with Crippen LogP contribution >= 0.6 is 15.9 Å². The van der Waals surface area contributed by atoms with E-state index in [0.29, 0.717) is 6.07 Å². The monoisotopic (exact) mass is 334 g/mol. The van der Waals surface area contributed by atoms with Crippen molar-refractivity contribution in [1.82, 2.24) is 0 Å². The average molecular weight is 335 g/mol. The summed E-state index contributed by atoms with van der Waals surface area (Å²) < 4.78 is 74.5. The number of benzene rings is 1. The first-order valence-corrected chi connectivity index (χ1v) is 5.22. The van der Waals surface area contributed by atoms with Gasteiger partial charge in [0.15, 0.2) is 5.78 Å². The molecule has 100 valence electrons. The predicted molar refractivity (Wildman–Crippen MR) is 54.2 cm³/mol. The lowest BCUT2D eigenvalue weighted by Gasteiger charge is -2.16. The van der Waals surface area contributed by atoms with Gasteiger partial charge in [0.2, 0.25) is 0 Å². The van der Waals surface area contributed by atoms with E-state index < -0.39 is 39.3 Å². The van der Waals surface area contributed by atoms with Gasteiger partial charge in [-0.3, -0.25) is 4.79 Å². The van der Waals surface area contributed by atoms with Gasteiger partial charge in [0.25, 0.3) is 0 Å². The number of alkyl halides is 6. The van der Waals surface area contributed by atoms with E-state index in [1.807, 2.05) is 0 Å². The quantitative estimate of drug-likeness (QED) is 0.538. The maximum absolute atomic E-state index is 12.6. The summed E-state index contributed by atoms with van der Waals surface area (Å²) in [7, 11) is 0. The smallest absolute Gasteiger partial charge is 0.294 e. The van der Waals surface area contributed by atoms with Gasteiger partial charge in [-0.25, -0.2) is 0 Å². The van der Waals surface area contributed by atoms with Crippen molar-refractivity contribution in [3.8, 4) is 0 Å². The number of rotatable bonds is 1. The van der Waals surface area contributed by atoms with E-state index in [4.69, 9.17) is 0 Å². The van der Waals surface area contributed by atoms with E-state index in [0.717, 1.165) is 6.92 Å². The standard InChI is InChI=1S/C10H5BrF6O/c1-4(18)8-6(10(15,16)17)2-5(3-7(8)11)9(12,13)14/h2-3H,1H3. The van der Waals surface area contributed by atoms with Crippen molar-refractivity contribution < 1.29 is 31.1 Å². The fraction of sp³-hybridized carbons (Fsp3) is 0.300. The summed E-state index contributed by atoms with van der Waals surface area (Å²) in [6, 6.07) is 0.382. The van der Waals surface area contributed by atoms with E-state index in [-0.39, 0.29) is 6.07 Å². The van der Waals surface area contributed by atoms with E-state index in [1.54, 1.807) is 0 Å². The third kappa shape index (κ3) is 3.04. The Labute approximate surface area is 106 Å². The molecule has 0 heterocycles. The van der Waals surface area contributed by atoms with Gasteiger partial charge < -0.3 is 0 Å². The molecule has 1 rings (SSSR count). The first-order valence-electron chi connectivity index (χ1n) is 4.43. The van der Waals surface area contributed by atoms with E-state index >= 15 is 0 Å². The molecule has 0 N–H and O–H groups in total. The highest BCUT2D eigenvalue weighted by atomic mass is 79.9. The Bertz CT molecular complexity index is 488. The zero-order chi connectivity index (χ0) is 14.3. The molecule has 0 radical (unpaired) electrons. The molecule has 0 amide bonds. The van der Waals surface area contributed by atoms with Crippen LogP contribution < -0.4 is 0 Å². The Morgan fingerprint density at radius 2 is 1.56 bits per heavy atom. The molecule has 1 aromatic carbocycles. The van der Waals surface area contributed by atoms with Gasteiger partial charge in [0.1, 0.15) is 0 Å². The summed E-state index contributed by atoms with van der Waals surface area (Å²) in [4.78, 5) is 11.1. The maximum Gasteiger partial charge on any atom is 0.417 e. The maximum atomic E-state index is 12.6. The lowest BCUT2D eigenvalue weighted by Crippen LogP contribution is -2.16. The SMILES string of the molecule is CC(=O)c1c(Br)cc(C(F)(F)F)cc1C(F)(F)F.